The molecule has 1 unspecified atom stereocenters. The average molecular weight is 781 g/mol. The highest BCUT2D eigenvalue weighted by molar-refractivity contribution is 5.73. The monoisotopic (exact) mass is 780 g/mol. The molecule has 18 heteroatoms. The fraction of sp³-hybridized carbons (Fsp3) is 0.861. The van der Waals surface area contributed by atoms with Crippen molar-refractivity contribution in [2.45, 2.75) is 141 Å². The Hall–Kier alpha value is -2.81. The Morgan fingerprint density at radius 3 is 2.06 bits per heavy atom. The number of methoxy groups -OCH3 is 3. The third-order valence-corrected chi connectivity index (χ3v) is 9.39. The quantitative estimate of drug-likeness (QED) is 0.0502. The van der Waals surface area contributed by atoms with Crippen LogP contribution in [0.3, 0.4) is 0 Å². The normalized spacial score (nSPS) is 25.5. The minimum Gasteiger partial charge on any atom is -0.463 e. The lowest BCUT2D eigenvalue weighted by molar-refractivity contribution is -0.370. The lowest BCUT2D eigenvalue weighted by atomic mass is 9.82. The van der Waals surface area contributed by atoms with Gasteiger partial charge >= 0.3 is 23.9 Å². The first-order chi connectivity index (χ1) is 25.3. The Labute approximate surface area is 318 Å². The molecule has 1 aliphatic rings. The molecule has 314 valence electrons. The number of carbonyl (C=O) groups excluding carboxylic acids is 5. The molecule has 0 amide bonds. The number of rotatable bonds is 25. The summed E-state index contributed by atoms with van der Waals surface area (Å²) in [5.74, 6) is -4.38. The minimum absolute atomic E-state index is 0.0224. The highest BCUT2D eigenvalue weighted by Gasteiger charge is 2.60. The summed E-state index contributed by atoms with van der Waals surface area (Å²) in [6.45, 7) is 9.30. The number of nitrogens with one attached hydrogen (secondary N) is 1. The fourth-order valence-electron chi connectivity index (χ4n) is 6.43. The summed E-state index contributed by atoms with van der Waals surface area (Å²) in [7, 11) is 8.82. The molecule has 0 spiro atoms. The molecule has 1 saturated heterocycles. The van der Waals surface area contributed by atoms with Crippen molar-refractivity contribution in [3.8, 4) is 0 Å². The van der Waals surface area contributed by atoms with Gasteiger partial charge in [0.2, 0.25) is 0 Å². The molecule has 1 aliphatic heterocycles. The van der Waals surface area contributed by atoms with Gasteiger partial charge in [0.25, 0.3) is 0 Å². The largest absolute Gasteiger partial charge is 0.463 e. The van der Waals surface area contributed by atoms with E-state index in [0.29, 0.717) is 19.3 Å². The van der Waals surface area contributed by atoms with Crippen LogP contribution in [-0.4, -0.2) is 161 Å². The van der Waals surface area contributed by atoms with Crippen molar-refractivity contribution in [1.82, 2.24) is 10.2 Å². The first-order valence-electron chi connectivity index (χ1n) is 18.1. The number of aliphatic hydroxyl groups excluding tert-OH is 1. The fourth-order valence-corrected chi connectivity index (χ4v) is 6.43. The van der Waals surface area contributed by atoms with Crippen LogP contribution in [0, 0.1) is 11.8 Å². The van der Waals surface area contributed by atoms with E-state index >= 15 is 0 Å². The summed E-state index contributed by atoms with van der Waals surface area (Å²) in [4.78, 5) is 64.1. The van der Waals surface area contributed by atoms with Gasteiger partial charge in [-0.05, 0) is 60.3 Å². The third-order valence-electron chi connectivity index (χ3n) is 9.39. The Morgan fingerprint density at radius 2 is 1.57 bits per heavy atom. The zero-order valence-electron chi connectivity index (χ0n) is 33.8. The zero-order valence-corrected chi connectivity index (χ0v) is 33.8. The number of ether oxygens (including phenoxy) is 9. The minimum atomic E-state index is -2.25. The van der Waals surface area contributed by atoms with Crippen molar-refractivity contribution in [1.29, 1.82) is 0 Å². The van der Waals surface area contributed by atoms with E-state index in [0.717, 1.165) is 6.92 Å². The second-order valence-corrected chi connectivity index (χ2v) is 13.8. The molecule has 0 aromatic rings. The number of carbonyl (C=O) groups is 5. The molecule has 3 N–H and O–H groups in total. The second kappa shape index (κ2) is 24.0. The number of esters is 4. The average Bonchev–Trinajstić information content (AvgIpc) is 3.11. The summed E-state index contributed by atoms with van der Waals surface area (Å²) in [5.41, 5.74) is -2.25. The van der Waals surface area contributed by atoms with Gasteiger partial charge in [0.15, 0.2) is 36.8 Å². The van der Waals surface area contributed by atoms with E-state index in [-0.39, 0.29) is 19.3 Å². The van der Waals surface area contributed by atoms with Gasteiger partial charge in [0, 0.05) is 53.9 Å². The molecular formula is C36H64N2O16. The number of likely N-dealkylation sites (N-methyl/N-ethyl adjacent to an activating group) is 1. The highest BCUT2D eigenvalue weighted by atomic mass is 16.7. The Balaban J connectivity index is 4.05. The second-order valence-electron chi connectivity index (χ2n) is 13.8. The predicted molar refractivity (Wildman–Crippen MR) is 190 cm³/mol. The molecule has 18 nitrogen and oxygen atoms in total. The topological polar surface area (TPSA) is 224 Å². The van der Waals surface area contributed by atoms with E-state index in [9.17, 15) is 34.2 Å². The van der Waals surface area contributed by atoms with Crippen molar-refractivity contribution >= 4 is 30.2 Å². The number of nitrogens with zero attached hydrogens (tertiary/aromatic N) is 1. The van der Waals surface area contributed by atoms with Crippen LogP contribution in [0.15, 0.2) is 0 Å². The van der Waals surface area contributed by atoms with Gasteiger partial charge < -0.3 is 58.2 Å². The maximum absolute atomic E-state index is 13.4. The van der Waals surface area contributed by atoms with Gasteiger partial charge in [0.1, 0.15) is 24.4 Å². The van der Waals surface area contributed by atoms with Gasteiger partial charge in [-0.25, -0.2) is 0 Å². The molecule has 0 radical (unpaired) electrons. The molecule has 1 heterocycles. The van der Waals surface area contributed by atoms with Crippen molar-refractivity contribution in [2.75, 3.05) is 49.0 Å². The Bertz CT molecular complexity index is 1170. The maximum Gasteiger partial charge on any atom is 0.309 e. The standard InChI is InChI=1S/C36H64N2O16/c1-13-28(42)53-26(18-29(43)49-21(3)14-15-37-7)32(48-12)31(25(17-30(46-10)47-11)16-20(2)27(19-39)51-23(5)40)54-35-34(52-24(6)41)36(45,38(8)9)33(44)22(4)50-35/h19-22,25-27,30-35,37,44-45H,13-18H2,1-12H3/t20-,21-,22-,25-,26-,27+,31+,32?,33-,34+,35+,36+/m1/s1. The number of aliphatic hydroxyl groups is 2. The molecule has 1 rings (SSSR count). The Morgan fingerprint density at radius 1 is 0.944 bits per heavy atom. The molecular weight excluding hydrogens is 716 g/mol. The van der Waals surface area contributed by atoms with Gasteiger partial charge in [0.05, 0.1) is 18.6 Å². The van der Waals surface area contributed by atoms with Crippen LogP contribution in [0.4, 0.5) is 0 Å². The first kappa shape index (κ1) is 49.2. The van der Waals surface area contributed by atoms with E-state index in [4.69, 9.17) is 42.6 Å². The predicted octanol–water partition coefficient (Wildman–Crippen LogP) is 0.709. The molecule has 54 heavy (non-hydrogen) atoms. The molecule has 0 bridgehead atoms. The molecule has 1 fully saturated rings. The van der Waals surface area contributed by atoms with Gasteiger partial charge in [-0.1, -0.05) is 13.8 Å². The van der Waals surface area contributed by atoms with Crippen LogP contribution < -0.4 is 5.32 Å². The van der Waals surface area contributed by atoms with Gasteiger partial charge in [-0.15, -0.1) is 0 Å². The van der Waals surface area contributed by atoms with Gasteiger partial charge in [-0.3, -0.25) is 28.9 Å². The van der Waals surface area contributed by atoms with Crippen LogP contribution in [-0.2, 0) is 66.6 Å². The molecule has 0 aromatic heterocycles. The van der Waals surface area contributed by atoms with Crippen molar-refractivity contribution < 1.29 is 76.8 Å². The molecule has 0 saturated carbocycles. The molecule has 0 aromatic carbocycles. The summed E-state index contributed by atoms with van der Waals surface area (Å²) < 4.78 is 52.2. The Kier molecular flexibility index (Phi) is 21.8. The SMILES string of the molecule is CCC(=O)O[C@H](CC(=O)O[C@H](C)CCNC)C(OC)[C@@H](O[C@@H]1O[C@H](C)[C@@H](O)[C@@](O)(N(C)C)[C@H]1OC(C)=O)[C@@H](CC(OC)OC)C[C@@H](C)[C@H](C=O)OC(C)=O. The third kappa shape index (κ3) is 14.4. The first-order valence-corrected chi connectivity index (χ1v) is 18.1. The molecule has 12 atom stereocenters. The summed E-state index contributed by atoms with van der Waals surface area (Å²) in [6.07, 6.45) is -12.0. The summed E-state index contributed by atoms with van der Waals surface area (Å²) >= 11 is 0. The zero-order chi connectivity index (χ0) is 41.3. The maximum atomic E-state index is 13.4. The number of hydrogen-bond donors (Lipinski definition) is 3. The number of aldehydes is 1. The van der Waals surface area contributed by atoms with E-state index < -0.39 is 109 Å². The molecule has 0 aliphatic carbocycles. The van der Waals surface area contributed by atoms with E-state index in [1.54, 1.807) is 27.8 Å². The van der Waals surface area contributed by atoms with Crippen LogP contribution in [0.1, 0.15) is 73.6 Å². The lowest BCUT2D eigenvalue weighted by Gasteiger charge is -2.52. The summed E-state index contributed by atoms with van der Waals surface area (Å²) in [5, 5.41) is 26.1. The van der Waals surface area contributed by atoms with Crippen molar-refractivity contribution in [3.05, 3.63) is 0 Å². The van der Waals surface area contributed by atoms with Gasteiger partial charge in [-0.2, -0.15) is 0 Å². The van der Waals surface area contributed by atoms with Crippen LogP contribution in [0.2, 0.25) is 0 Å². The van der Waals surface area contributed by atoms with Crippen LogP contribution >= 0.6 is 0 Å². The van der Waals surface area contributed by atoms with Crippen LogP contribution in [0.5, 0.6) is 0 Å². The summed E-state index contributed by atoms with van der Waals surface area (Å²) in [6, 6.07) is 0. The smallest absolute Gasteiger partial charge is 0.309 e. The van der Waals surface area contributed by atoms with Crippen molar-refractivity contribution in [2.24, 2.45) is 11.8 Å². The van der Waals surface area contributed by atoms with E-state index in [1.807, 2.05) is 0 Å². The van der Waals surface area contributed by atoms with Crippen LogP contribution in [0.25, 0.3) is 0 Å². The number of hydrogen-bond acceptors (Lipinski definition) is 18. The van der Waals surface area contributed by atoms with E-state index in [2.05, 4.69) is 5.32 Å². The highest BCUT2D eigenvalue weighted by Crippen LogP contribution is 2.39. The lowest BCUT2D eigenvalue weighted by Crippen LogP contribution is -2.73. The van der Waals surface area contributed by atoms with Crippen molar-refractivity contribution in [3.63, 3.8) is 0 Å². The van der Waals surface area contributed by atoms with E-state index in [1.165, 1.54) is 54.2 Å².